The molecule has 0 fully saturated rings. The first kappa shape index (κ1) is 28.3. The SMILES string of the molecule is CCCCc1ccc(C(=O)Nc2ccc(CC(NC(=O)c3ccc(-c4ccc(C)cc4)o3)C(=O)O)cc2F)cc1. The highest BCUT2D eigenvalue weighted by molar-refractivity contribution is 6.04. The third-order valence-electron chi connectivity index (χ3n) is 6.53. The molecule has 3 N–H and O–H groups in total. The number of nitrogens with one attached hydrogen (secondary N) is 2. The minimum Gasteiger partial charge on any atom is -0.480 e. The van der Waals surface area contributed by atoms with Crippen molar-refractivity contribution in [2.24, 2.45) is 0 Å². The third-order valence-corrected chi connectivity index (χ3v) is 6.53. The molecule has 1 heterocycles. The second-order valence-electron chi connectivity index (χ2n) is 9.67. The highest BCUT2D eigenvalue weighted by atomic mass is 19.1. The Morgan fingerprint density at radius 3 is 2.25 bits per heavy atom. The number of hydrogen-bond acceptors (Lipinski definition) is 4. The lowest BCUT2D eigenvalue weighted by atomic mass is 10.0. The lowest BCUT2D eigenvalue weighted by Gasteiger charge is -2.15. The molecule has 1 unspecified atom stereocenters. The van der Waals surface area contributed by atoms with Gasteiger partial charge in [0.2, 0.25) is 0 Å². The smallest absolute Gasteiger partial charge is 0.326 e. The van der Waals surface area contributed by atoms with Gasteiger partial charge in [0.05, 0.1) is 5.69 Å². The standard InChI is InChI=1S/C32H31FN2O5/c1-3-4-5-21-8-13-24(14-9-21)30(36)34-26-15-10-22(18-25(26)33)19-27(32(38)39)35-31(37)29-17-16-28(40-29)23-11-6-20(2)7-12-23/h6-18,27H,3-5,19H2,1-2H3,(H,34,36)(H,35,37)(H,38,39). The number of benzene rings is 3. The Hall–Kier alpha value is -4.72. The largest absolute Gasteiger partial charge is 0.480 e. The van der Waals surface area contributed by atoms with Gasteiger partial charge in [0.15, 0.2) is 5.76 Å². The molecule has 0 aliphatic heterocycles. The first-order chi connectivity index (χ1) is 19.2. The van der Waals surface area contributed by atoms with Crippen LogP contribution in [0.1, 0.15) is 57.4 Å². The van der Waals surface area contributed by atoms with Crippen molar-refractivity contribution in [3.63, 3.8) is 0 Å². The van der Waals surface area contributed by atoms with E-state index in [0.29, 0.717) is 16.9 Å². The van der Waals surface area contributed by atoms with Crippen LogP contribution in [0.15, 0.2) is 83.3 Å². The lowest BCUT2D eigenvalue weighted by molar-refractivity contribution is -0.139. The Morgan fingerprint density at radius 1 is 0.900 bits per heavy atom. The van der Waals surface area contributed by atoms with Gasteiger partial charge in [-0.2, -0.15) is 0 Å². The number of amides is 2. The zero-order chi connectivity index (χ0) is 28.6. The van der Waals surface area contributed by atoms with Crippen LogP contribution in [0.3, 0.4) is 0 Å². The topological polar surface area (TPSA) is 109 Å². The average Bonchev–Trinajstić information content (AvgIpc) is 3.44. The van der Waals surface area contributed by atoms with Crippen molar-refractivity contribution in [1.29, 1.82) is 0 Å². The number of halogens is 1. The number of carbonyl (C=O) groups excluding carboxylic acids is 2. The van der Waals surface area contributed by atoms with Crippen LogP contribution in [0.25, 0.3) is 11.3 Å². The van der Waals surface area contributed by atoms with E-state index >= 15 is 0 Å². The van der Waals surface area contributed by atoms with E-state index < -0.39 is 29.6 Å². The summed E-state index contributed by atoms with van der Waals surface area (Å²) in [7, 11) is 0. The van der Waals surface area contributed by atoms with Crippen LogP contribution in [0.2, 0.25) is 0 Å². The fourth-order valence-corrected chi connectivity index (χ4v) is 4.18. The third kappa shape index (κ3) is 7.22. The molecule has 0 bridgehead atoms. The summed E-state index contributed by atoms with van der Waals surface area (Å²) in [6.45, 7) is 4.07. The Morgan fingerprint density at radius 2 is 1.60 bits per heavy atom. The molecule has 0 aliphatic rings. The number of furan rings is 1. The van der Waals surface area contributed by atoms with Crippen molar-refractivity contribution in [2.75, 3.05) is 5.32 Å². The first-order valence-corrected chi connectivity index (χ1v) is 13.1. The molecule has 7 nitrogen and oxygen atoms in total. The highest BCUT2D eigenvalue weighted by Crippen LogP contribution is 2.23. The summed E-state index contributed by atoms with van der Waals surface area (Å²) in [5, 5.41) is 14.7. The number of aliphatic carboxylic acids is 1. The molecule has 4 rings (SSSR count). The molecule has 0 saturated carbocycles. The second-order valence-corrected chi connectivity index (χ2v) is 9.67. The van der Waals surface area contributed by atoms with Gasteiger partial charge in [0.25, 0.3) is 11.8 Å². The normalized spacial score (nSPS) is 11.6. The molecule has 3 aromatic carbocycles. The van der Waals surface area contributed by atoms with Gasteiger partial charge in [-0.1, -0.05) is 61.4 Å². The van der Waals surface area contributed by atoms with Crippen LogP contribution in [0.4, 0.5) is 10.1 Å². The molecule has 0 spiro atoms. The van der Waals surface area contributed by atoms with Crippen LogP contribution >= 0.6 is 0 Å². The molecule has 206 valence electrons. The molecule has 0 saturated heterocycles. The first-order valence-electron chi connectivity index (χ1n) is 13.1. The second kappa shape index (κ2) is 12.9. The van der Waals surface area contributed by atoms with Crippen LogP contribution in [-0.2, 0) is 17.6 Å². The zero-order valence-corrected chi connectivity index (χ0v) is 22.4. The maximum Gasteiger partial charge on any atom is 0.326 e. The van der Waals surface area contributed by atoms with Crippen LogP contribution in [-0.4, -0.2) is 28.9 Å². The van der Waals surface area contributed by atoms with Crippen molar-refractivity contribution >= 4 is 23.5 Å². The zero-order valence-electron chi connectivity index (χ0n) is 22.4. The molecule has 2 amide bonds. The number of carboxylic acids is 1. The summed E-state index contributed by atoms with van der Waals surface area (Å²) in [6, 6.07) is 20.5. The number of carbonyl (C=O) groups is 3. The van der Waals surface area contributed by atoms with Gasteiger partial charge in [-0.25, -0.2) is 9.18 Å². The molecule has 8 heteroatoms. The van der Waals surface area contributed by atoms with Gasteiger partial charge in [-0.05, 0) is 67.3 Å². The predicted molar refractivity (Wildman–Crippen MR) is 151 cm³/mol. The van der Waals surface area contributed by atoms with Gasteiger partial charge in [-0.15, -0.1) is 0 Å². The van der Waals surface area contributed by atoms with Crippen molar-refractivity contribution < 1.29 is 28.3 Å². The number of aryl methyl sites for hydroxylation is 2. The van der Waals surface area contributed by atoms with Gasteiger partial charge in [0.1, 0.15) is 17.6 Å². The number of hydrogen-bond donors (Lipinski definition) is 3. The van der Waals surface area contributed by atoms with E-state index in [1.807, 2.05) is 43.3 Å². The van der Waals surface area contributed by atoms with Crippen LogP contribution in [0, 0.1) is 12.7 Å². The maximum absolute atomic E-state index is 14.8. The maximum atomic E-state index is 14.8. The van der Waals surface area contributed by atoms with Gasteiger partial charge in [0, 0.05) is 17.5 Å². The van der Waals surface area contributed by atoms with E-state index in [1.165, 1.54) is 18.2 Å². The quantitative estimate of drug-likeness (QED) is 0.203. The fourth-order valence-electron chi connectivity index (χ4n) is 4.18. The van der Waals surface area contributed by atoms with E-state index in [1.54, 1.807) is 18.2 Å². The Balaban J connectivity index is 1.38. The van der Waals surface area contributed by atoms with Crippen molar-refractivity contribution in [3.05, 3.63) is 113 Å². The number of anilines is 1. The van der Waals surface area contributed by atoms with Crippen LogP contribution in [0.5, 0.6) is 0 Å². The van der Waals surface area contributed by atoms with Crippen molar-refractivity contribution in [3.8, 4) is 11.3 Å². The molecule has 1 atom stereocenters. The average molecular weight is 543 g/mol. The highest BCUT2D eigenvalue weighted by Gasteiger charge is 2.24. The van der Waals surface area contributed by atoms with E-state index in [2.05, 4.69) is 17.6 Å². The Labute approximate surface area is 232 Å². The van der Waals surface area contributed by atoms with E-state index in [4.69, 9.17) is 4.42 Å². The van der Waals surface area contributed by atoms with E-state index in [9.17, 15) is 23.9 Å². The Kier molecular flexibility index (Phi) is 9.11. The van der Waals surface area contributed by atoms with Gasteiger partial charge < -0.3 is 20.2 Å². The summed E-state index contributed by atoms with van der Waals surface area (Å²) in [4.78, 5) is 37.2. The molecular formula is C32H31FN2O5. The van der Waals surface area contributed by atoms with E-state index in [-0.39, 0.29) is 17.9 Å². The summed E-state index contributed by atoms with van der Waals surface area (Å²) >= 11 is 0. The molecule has 0 radical (unpaired) electrons. The monoisotopic (exact) mass is 542 g/mol. The molecule has 1 aromatic heterocycles. The molecule has 0 aliphatic carbocycles. The fraction of sp³-hybridized carbons (Fsp3) is 0.219. The summed E-state index contributed by atoms with van der Waals surface area (Å²) in [5.41, 5.74) is 3.71. The Bertz CT molecular complexity index is 1490. The summed E-state index contributed by atoms with van der Waals surface area (Å²) < 4.78 is 20.5. The minimum atomic E-state index is -1.33. The van der Waals surface area contributed by atoms with Gasteiger partial charge >= 0.3 is 5.97 Å². The van der Waals surface area contributed by atoms with Gasteiger partial charge in [-0.3, -0.25) is 9.59 Å². The number of rotatable bonds is 11. The summed E-state index contributed by atoms with van der Waals surface area (Å²) in [6.07, 6.45) is 2.91. The molecular weight excluding hydrogens is 511 g/mol. The van der Waals surface area contributed by atoms with Crippen molar-refractivity contribution in [1.82, 2.24) is 5.32 Å². The lowest BCUT2D eigenvalue weighted by Crippen LogP contribution is -2.42. The van der Waals surface area contributed by atoms with Crippen molar-refractivity contribution in [2.45, 2.75) is 45.6 Å². The van der Waals surface area contributed by atoms with E-state index in [0.717, 1.165) is 42.0 Å². The molecule has 4 aromatic rings. The predicted octanol–water partition coefficient (Wildman–Crippen LogP) is 6.41. The van der Waals surface area contributed by atoms with Crippen LogP contribution < -0.4 is 10.6 Å². The minimum absolute atomic E-state index is 0.0288. The number of unbranched alkanes of at least 4 members (excludes halogenated alkanes) is 1. The summed E-state index contributed by atoms with van der Waals surface area (Å²) in [5.74, 6) is -2.70. The molecule has 40 heavy (non-hydrogen) atoms. The number of carboxylic acid groups (broad SMARTS) is 1.